The van der Waals surface area contributed by atoms with Gasteiger partial charge in [0.25, 0.3) is 5.91 Å². The average Bonchev–Trinajstić information content (AvgIpc) is 2.67. The second-order valence-electron chi connectivity index (χ2n) is 8.00. The van der Waals surface area contributed by atoms with Gasteiger partial charge in [-0.05, 0) is 63.6 Å². The van der Waals surface area contributed by atoms with Crippen molar-refractivity contribution in [2.45, 2.75) is 62.9 Å². The fraction of sp³-hybridized carbons (Fsp3) is 0.650. The molecule has 3 atom stereocenters. The maximum absolute atomic E-state index is 13.1. The van der Waals surface area contributed by atoms with Crippen LogP contribution in [0.2, 0.25) is 0 Å². The first-order chi connectivity index (χ1) is 12.8. The molecule has 0 spiro atoms. The van der Waals surface area contributed by atoms with Gasteiger partial charge in [-0.25, -0.2) is 8.42 Å². The van der Waals surface area contributed by atoms with Gasteiger partial charge in [-0.15, -0.1) is 12.4 Å². The van der Waals surface area contributed by atoms with Crippen molar-refractivity contribution in [3.8, 4) is 0 Å². The molecule has 158 valence electrons. The van der Waals surface area contributed by atoms with Crippen molar-refractivity contribution in [2.24, 2.45) is 11.7 Å². The highest BCUT2D eigenvalue weighted by molar-refractivity contribution is 7.89. The molecule has 6 nitrogen and oxygen atoms in total. The molecule has 2 N–H and O–H groups in total. The number of amides is 1. The van der Waals surface area contributed by atoms with E-state index in [0.717, 1.165) is 32.1 Å². The molecule has 2 aliphatic rings. The van der Waals surface area contributed by atoms with E-state index in [4.69, 9.17) is 5.73 Å². The molecule has 2 fully saturated rings. The Morgan fingerprint density at radius 2 is 1.93 bits per heavy atom. The van der Waals surface area contributed by atoms with Crippen LogP contribution in [0.4, 0.5) is 0 Å². The Morgan fingerprint density at radius 1 is 1.18 bits per heavy atom. The topological polar surface area (TPSA) is 83.7 Å². The zero-order valence-electron chi connectivity index (χ0n) is 16.7. The van der Waals surface area contributed by atoms with Crippen molar-refractivity contribution in [1.29, 1.82) is 0 Å². The van der Waals surface area contributed by atoms with Gasteiger partial charge in [0.1, 0.15) is 0 Å². The zero-order chi connectivity index (χ0) is 19.6. The average molecular weight is 430 g/mol. The third-order valence-corrected chi connectivity index (χ3v) is 7.93. The van der Waals surface area contributed by atoms with Crippen LogP contribution in [0.3, 0.4) is 0 Å². The van der Waals surface area contributed by atoms with E-state index < -0.39 is 10.0 Å². The minimum Gasteiger partial charge on any atom is -0.338 e. The lowest BCUT2D eigenvalue weighted by molar-refractivity contribution is 0.0660. The SMILES string of the molecule is CC(N)C1CCCN(C(=O)c2cccc(S(=O)(=O)N3CCCCC3C)c2)C1.Cl. The minimum atomic E-state index is -3.58. The van der Waals surface area contributed by atoms with Crippen LogP contribution in [-0.4, -0.2) is 55.2 Å². The summed E-state index contributed by atoms with van der Waals surface area (Å²) < 4.78 is 27.7. The Kier molecular flexibility index (Phi) is 7.90. The van der Waals surface area contributed by atoms with Gasteiger partial charge in [0.15, 0.2) is 0 Å². The van der Waals surface area contributed by atoms with Gasteiger partial charge in [-0.2, -0.15) is 4.31 Å². The molecule has 3 rings (SSSR count). The van der Waals surface area contributed by atoms with Crippen molar-refractivity contribution < 1.29 is 13.2 Å². The van der Waals surface area contributed by atoms with Crippen LogP contribution < -0.4 is 5.73 Å². The Balaban J connectivity index is 0.00000280. The number of rotatable bonds is 4. The Morgan fingerprint density at radius 3 is 2.61 bits per heavy atom. The Bertz CT molecular complexity index is 785. The van der Waals surface area contributed by atoms with Crippen LogP contribution in [-0.2, 0) is 10.0 Å². The molecule has 3 unspecified atom stereocenters. The maximum atomic E-state index is 13.1. The molecule has 1 aromatic rings. The first kappa shape index (κ1) is 23.1. The zero-order valence-corrected chi connectivity index (χ0v) is 18.3. The lowest BCUT2D eigenvalue weighted by Crippen LogP contribution is -2.45. The van der Waals surface area contributed by atoms with Gasteiger partial charge in [0, 0.05) is 37.3 Å². The number of nitrogens with zero attached hydrogens (tertiary/aromatic N) is 2. The number of benzene rings is 1. The fourth-order valence-electron chi connectivity index (χ4n) is 4.16. The second-order valence-corrected chi connectivity index (χ2v) is 9.89. The molecular weight excluding hydrogens is 398 g/mol. The third-order valence-electron chi connectivity index (χ3n) is 5.92. The maximum Gasteiger partial charge on any atom is 0.253 e. The largest absolute Gasteiger partial charge is 0.338 e. The first-order valence-corrected chi connectivity index (χ1v) is 11.4. The number of halogens is 1. The predicted octanol–water partition coefficient (Wildman–Crippen LogP) is 2.87. The van der Waals surface area contributed by atoms with Crippen LogP contribution in [0.1, 0.15) is 56.3 Å². The highest BCUT2D eigenvalue weighted by Gasteiger charge is 2.32. The Hall–Kier alpha value is -1.15. The molecule has 0 bridgehead atoms. The van der Waals surface area contributed by atoms with Gasteiger partial charge in [0.2, 0.25) is 10.0 Å². The van der Waals surface area contributed by atoms with E-state index in [0.29, 0.717) is 31.1 Å². The van der Waals surface area contributed by atoms with E-state index in [-0.39, 0.29) is 35.3 Å². The molecule has 0 aromatic heterocycles. The van der Waals surface area contributed by atoms with Gasteiger partial charge in [-0.1, -0.05) is 12.5 Å². The van der Waals surface area contributed by atoms with Crippen LogP contribution in [0.5, 0.6) is 0 Å². The highest BCUT2D eigenvalue weighted by Crippen LogP contribution is 2.26. The number of likely N-dealkylation sites (tertiary alicyclic amines) is 1. The summed E-state index contributed by atoms with van der Waals surface area (Å²) in [6.45, 7) is 5.81. The highest BCUT2D eigenvalue weighted by atomic mass is 35.5. The first-order valence-electron chi connectivity index (χ1n) is 9.97. The summed E-state index contributed by atoms with van der Waals surface area (Å²) in [4.78, 5) is 15.0. The molecular formula is C20H32ClN3O3S. The van der Waals surface area contributed by atoms with E-state index in [1.807, 2.05) is 18.7 Å². The lowest BCUT2D eigenvalue weighted by Gasteiger charge is -2.35. The number of nitrogens with two attached hydrogens (primary N) is 1. The summed E-state index contributed by atoms with van der Waals surface area (Å²) in [5, 5.41) is 0. The monoisotopic (exact) mass is 429 g/mol. The molecule has 2 saturated heterocycles. The van der Waals surface area contributed by atoms with Crippen LogP contribution in [0.25, 0.3) is 0 Å². The quantitative estimate of drug-likeness (QED) is 0.797. The van der Waals surface area contributed by atoms with E-state index in [2.05, 4.69) is 0 Å². The molecule has 0 radical (unpaired) electrons. The van der Waals surface area contributed by atoms with Crippen LogP contribution in [0.15, 0.2) is 29.2 Å². The Labute approximate surface area is 174 Å². The van der Waals surface area contributed by atoms with Crippen LogP contribution in [0, 0.1) is 5.92 Å². The van der Waals surface area contributed by atoms with Gasteiger partial charge in [0.05, 0.1) is 4.90 Å². The third kappa shape index (κ3) is 4.87. The number of sulfonamides is 1. The molecule has 0 saturated carbocycles. The summed E-state index contributed by atoms with van der Waals surface area (Å²) in [5.41, 5.74) is 6.46. The van der Waals surface area contributed by atoms with Crippen molar-refractivity contribution in [3.05, 3.63) is 29.8 Å². The van der Waals surface area contributed by atoms with Crippen molar-refractivity contribution in [3.63, 3.8) is 0 Å². The summed E-state index contributed by atoms with van der Waals surface area (Å²) >= 11 is 0. The number of hydrogen-bond donors (Lipinski definition) is 1. The summed E-state index contributed by atoms with van der Waals surface area (Å²) in [6.07, 6.45) is 4.78. The van der Waals surface area contributed by atoms with Gasteiger partial charge in [-0.3, -0.25) is 4.79 Å². The second kappa shape index (κ2) is 9.57. The molecule has 0 aliphatic carbocycles. The van der Waals surface area contributed by atoms with E-state index in [1.165, 1.54) is 6.07 Å². The van der Waals surface area contributed by atoms with Crippen molar-refractivity contribution in [2.75, 3.05) is 19.6 Å². The van der Waals surface area contributed by atoms with Crippen molar-refractivity contribution in [1.82, 2.24) is 9.21 Å². The standard InChI is InChI=1S/C20H31N3O3S.ClH/c1-15-7-3-4-12-23(15)27(25,26)19-10-5-8-17(13-19)20(24)22-11-6-9-18(14-22)16(2)21;/h5,8,10,13,15-16,18H,3-4,6-7,9,11-12,14,21H2,1-2H3;1H. The van der Waals surface area contributed by atoms with E-state index in [1.54, 1.807) is 22.5 Å². The number of carbonyl (C=O) groups excluding carboxylic acids is 1. The molecule has 28 heavy (non-hydrogen) atoms. The van der Waals surface area contributed by atoms with Crippen molar-refractivity contribution >= 4 is 28.3 Å². The van der Waals surface area contributed by atoms with Gasteiger partial charge < -0.3 is 10.6 Å². The fourth-order valence-corrected chi connectivity index (χ4v) is 5.91. The summed E-state index contributed by atoms with van der Waals surface area (Å²) in [7, 11) is -3.58. The smallest absolute Gasteiger partial charge is 0.253 e. The molecule has 1 aromatic carbocycles. The normalized spacial score (nSPS) is 25.0. The minimum absolute atomic E-state index is 0. The number of carbonyl (C=O) groups is 1. The lowest BCUT2D eigenvalue weighted by atomic mass is 9.92. The number of hydrogen-bond acceptors (Lipinski definition) is 4. The summed E-state index contributed by atoms with van der Waals surface area (Å²) in [5.74, 6) is 0.188. The summed E-state index contributed by atoms with van der Waals surface area (Å²) in [6, 6.07) is 6.55. The molecule has 1 amide bonds. The van der Waals surface area contributed by atoms with E-state index >= 15 is 0 Å². The molecule has 2 aliphatic heterocycles. The van der Waals surface area contributed by atoms with Crippen LogP contribution >= 0.6 is 12.4 Å². The van der Waals surface area contributed by atoms with E-state index in [9.17, 15) is 13.2 Å². The predicted molar refractivity (Wildman–Crippen MR) is 113 cm³/mol. The molecule has 8 heteroatoms. The molecule has 2 heterocycles. The van der Waals surface area contributed by atoms with Gasteiger partial charge >= 0.3 is 0 Å². The number of piperidine rings is 2.